The smallest absolute Gasteiger partial charge is 0.302 e. The van der Waals surface area contributed by atoms with Crippen LogP contribution in [-0.2, 0) is 31.9 Å². The number of benzene rings is 1. The maximum absolute atomic E-state index is 10.7. The monoisotopic (exact) mass is 250 g/mol. The Balaban J connectivity index is 2.50. The van der Waals surface area contributed by atoms with Crippen LogP contribution in [0.15, 0.2) is 24.3 Å². The van der Waals surface area contributed by atoms with Gasteiger partial charge in [-0.05, 0) is 11.1 Å². The fourth-order valence-electron chi connectivity index (χ4n) is 1.65. The number of rotatable bonds is 6. The van der Waals surface area contributed by atoms with Gasteiger partial charge < -0.3 is 9.47 Å². The van der Waals surface area contributed by atoms with Crippen molar-refractivity contribution in [3.05, 3.63) is 35.4 Å². The van der Waals surface area contributed by atoms with E-state index in [1.54, 1.807) is 0 Å². The maximum atomic E-state index is 10.7. The van der Waals surface area contributed by atoms with Gasteiger partial charge in [-0.15, -0.1) is 0 Å². The summed E-state index contributed by atoms with van der Waals surface area (Å²) in [5, 5.41) is 0. The Morgan fingerprint density at radius 3 is 1.61 bits per heavy atom. The van der Waals surface area contributed by atoms with Gasteiger partial charge in [-0.2, -0.15) is 0 Å². The fraction of sp³-hybridized carbons (Fsp3) is 0.429. The van der Waals surface area contributed by atoms with Gasteiger partial charge >= 0.3 is 11.9 Å². The molecule has 0 N–H and O–H groups in total. The largest absolute Gasteiger partial charge is 0.466 e. The van der Waals surface area contributed by atoms with Crippen molar-refractivity contribution in [2.45, 2.75) is 26.7 Å². The zero-order valence-electron chi connectivity index (χ0n) is 10.8. The standard InChI is InChI=1S/C14H18O4/c1-11(15)17-9-7-13-5-3-4-6-14(13)8-10-18-12(2)16/h3-6H,7-10H2,1-2H3. The lowest BCUT2D eigenvalue weighted by molar-refractivity contribution is -0.141. The van der Waals surface area contributed by atoms with Crippen LogP contribution in [0.3, 0.4) is 0 Å². The van der Waals surface area contributed by atoms with Gasteiger partial charge in [0.25, 0.3) is 0 Å². The minimum atomic E-state index is -0.271. The van der Waals surface area contributed by atoms with Crippen molar-refractivity contribution < 1.29 is 19.1 Å². The number of carbonyl (C=O) groups is 2. The SMILES string of the molecule is CC(=O)OCCc1ccccc1CCOC(C)=O. The summed E-state index contributed by atoms with van der Waals surface area (Å²) < 4.78 is 9.84. The molecule has 0 bridgehead atoms. The highest BCUT2D eigenvalue weighted by atomic mass is 16.5. The van der Waals surface area contributed by atoms with E-state index in [1.807, 2.05) is 24.3 Å². The molecular weight excluding hydrogens is 232 g/mol. The molecule has 0 fully saturated rings. The molecule has 0 saturated heterocycles. The summed E-state index contributed by atoms with van der Waals surface area (Å²) in [7, 11) is 0. The molecule has 1 aromatic rings. The van der Waals surface area contributed by atoms with Gasteiger partial charge in [0, 0.05) is 26.7 Å². The van der Waals surface area contributed by atoms with Crippen molar-refractivity contribution in [2.75, 3.05) is 13.2 Å². The predicted molar refractivity (Wildman–Crippen MR) is 67.1 cm³/mol. The summed E-state index contributed by atoms with van der Waals surface area (Å²) in [6.45, 7) is 3.54. The molecule has 18 heavy (non-hydrogen) atoms. The van der Waals surface area contributed by atoms with Crippen LogP contribution in [-0.4, -0.2) is 25.2 Å². The Morgan fingerprint density at radius 1 is 0.889 bits per heavy atom. The number of hydrogen-bond acceptors (Lipinski definition) is 4. The van der Waals surface area contributed by atoms with Crippen LogP contribution in [0.1, 0.15) is 25.0 Å². The van der Waals surface area contributed by atoms with E-state index in [1.165, 1.54) is 13.8 Å². The van der Waals surface area contributed by atoms with Crippen LogP contribution in [0.25, 0.3) is 0 Å². The van der Waals surface area contributed by atoms with Crippen LogP contribution in [0.5, 0.6) is 0 Å². The van der Waals surface area contributed by atoms with Gasteiger partial charge in [0.15, 0.2) is 0 Å². The Hall–Kier alpha value is -1.84. The third kappa shape index (κ3) is 5.48. The maximum Gasteiger partial charge on any atom is 0.302 e. The highest BCUT2D eigenvalue weighted by Crippen LogP contribution is 2.10. The molecule has 1 aromatic carbocycles. The Labute approximate surface area is 107 Å². The van der Waals surface area contributed by atoms with Gasteiger partial charge in [-0.25, -0.2) is 0 Å². The summed E-state index contributed by atoms with van der Waals surface area (Å²) in [4.78, 5) is 21.4. The summed E-state index contributed by atoms with van der Waals surface area (Å²) in [5.41, 5.74) is 2.23. The number of ether oxygens (including phenoxy) is 2. The van der Waals surface area contributed by atoms with Crippen LogP contribution in [0.4, 0.5) is 0 Å². The highest BCUT2D eigenvalue weighted by molar-refractivity contribution is 5.66. The van der Waals surface area contributed by atoms with E-state index in [0.29, 0.717) is 26.1 Å². The first-order chi connectivity index (χ1) is 8.59. The molecule has 0 aliphatic carbocycles. The quantitative estimate of drug-likeness (QED) is 0.723. The zero-order valence-corrected chi connectivity index (χ0v) is 10.8. The third-order valence-corrected chi connectivity index (χ3v) is 2.47. The molecule has 4 heteroatoms. The Bertz CT molecular complexity index is 373. The third-order valence-electron chi connectivity index (χ3n) is 2.47. The van der Waals surface area contributed by atoms with Crippen LogP contribution in [0.2, 0.25) is 0 Å². The first-order valence-electron chi connectivity index (χ1n) is 5.93. The van der Waals surface area contributed by atoms with E-state index < -0.39 is 0 Å². The van der Waals surface area contributed by atoms with Gasteiger partial charge in [0.05, 0.1) is 13.2 Å². The number of carbonyl (C=O) groups excluding carboxylic acids is 2. The molecule has 0 spiro atoms. The summed E-state index contributed by atoms with van der Waals surface area (Å²) >= 11 is 0. The second-order valence-corrected chi connectivity index (χ2v) is 3.95. The summed E-state index contributed by atoms with van der Waals surface area (Å²) in [6.07, 6.45) is 1.35. The van der Waals surface area contributed by atoms with E-state index in [2.05, 4.69) is 0 Å². The summed E-state index contributed by atoms with van der Waals surface area (Å²) in [5.74, 6) is -0.542. The molecule has 0 aromatic heterocycles. The average Bonchev–Trinajstić information content (AvgIpc) is 2.30. The molecule has 0 saturated carbocycles. The lowest BCUT2D eigenvalue weighted by atomic mass is 10.0. The minimum absolute atomic E-state index is 0.271. The highest BCUT2D eigenvalue weighted by Gasteiger charge is 2.03. The molecule has 0 atom stereocenters. The first kappa shape index (κ1) is 14.2. The average molecular weight is 250 g/mol. The van der Waals surface area contributed by atoms with Crippen molar-refractivity contribution in [2.24, 2.45) is 0 Å². The normalized spacial score (nSPS) is 9.89. The Morgan fingerprint density at radius 2 is 1.28 bits per heavy atom. The second kappa shape index (κ2) is 7.48. The van der Waals surface area contributed by atoms with Gasteiger partial charge in [-0.3, -0.25) is 9.59 Å². The van der Waals surface area contributed by atoms with Crippen molar-refractivity contribution in [3.63, 3.8) is 0 Å². The topological polar surface area (TPSA) is 52.6 Å². The van der Waals surface area contributed by atoms with Crippen molar-refractivity contribution in [3.8, 4) is 0 Å². The van der Waals surface area contributed by atoms with Crippen LogP contribution >= 0.6 is 0 Å². The van der Waals surface area contributed by atoms with Crippen LogP contribution in [0, 0.1) is 0 Å². The number of esters is 2. The zero-order chi connectivity index (χ0) is 13.4. The van der Waals surface area contributed by atoms with E-state index in [0.717, 1.165) is 11.1 Å². The molecule has 0 radical (unpaired) electrons. The first-order valence-corrected chi connectivity index (χ1v) is 5.93. The molecule has 0 amide bonds. The fourth-order valence-corrected chi connectivity index (χ4v) is 1.65. The van der Waals surface area contributed by atoms with E-state index in [4.69, 9.17) is 9.47 Å². The molecule has 1 rings (SSSR count). The molecular formula is C14H18O4. The van der Waals surface area contributed by atoms with Crippen molar-refractivity contribution in [1.82, 2.24) is 0 Å². The number of hydrogen-bond donors (Lipinski definition) is 0. The molecule has 4 nitrogen and oxygen atoms in total. The lowest BCUT2D eigenvalue weighted by Crippen LogP contribution is -2.08. The van der Waals surface area contributed by atoms with E-state index in [9.17, 15) is 9.59 Å². The predicted octanol–water partition coefficient (Wildman–Crippen LogP) is 1.90. The molecule has 0 unspecified atom stereocenters. The van der Waals surface area contributed by atoms with E-state index >= 15 is 0 Å². The van der Waals surface area contributed by atoms with E-state index in [-0.39, 0.29) is 11.9 Å². The molecule has 98 valence electrons. The minimum Gasteiger partial charge on any atom is -0.466 e. The summed E-state index contributed by atoms with van der Waals surface area (Å²) in [6, 6.07) is 7.87. The Kier molecular flexibility index (Phi) is 5.91. The van der Waals surface area contributed by atoms with Crippen LogP contribution < -0.4 is 0 Å². The van der Waals surface area contributed by atoms with Crippen molar-refractivity contribution >= 4 is 11.9 Å². The van der Waals surface area contributed by atoms with Gasteiger partial charge in [0.1, 0.15) is 0 Å². The molecule has 0 heterocycles. The van der Waals surface area contributed by atoms with Gasteiger partial charge in [-0.1, -0.05) is 24.3 Å². The van der Waals surface area contributed by atoms with Crippen molar-refractivity contribution in [1.29, 1.82) is 0 Å². The molecule has 0 aliphatic heterocycles. The van der Waals surface area contributed by atoms with Gasteiger partial charge in [0.2, 0.25) is 0 Å². The lowest BCUT2D eigenvalue weighted by Gasteiger charge is -2.09. The second-order valence-electron chi connectivity index (χ2n) is 3.95. The molecule has 0 aliphatic rings.